The van der Waals surface area contributed by atoms with Crippen LogP contribution < -0.4 is 40.1 Å². The van der Waals surface area contributed by atoms with Crippen molar-refractivity contribution in [2.45, 2.75) is 25.6 Å². The maximum absolute atomic E-state index is 10.9. The Morgan fingerprint density at radius 3 is 2.00 bits per heavy atom. The number of nitrogens with two attached hydrogens (primary N) is 1. The van der Waals surface area contributed by atoms with E-state index in [0.717, 1.165) is 12.5 Å². The second kappa shape index (κ2) is 5.89. The molecule has 0 saturated carbocycles. The van der Waals surface area contributed by atoms with Gasteiger partial charge in [0.25, 0.3) is 0 Å². The van der Waals surface area contributed by atoms with E-state index in [1.807, 2.05) is 13.1 Å². The fraction of sp³-hybridized carbons (Fsp3) is 1.00. The molecule has 0 aromatic rings. The summed E-state index contributed by atoms with van der Waals surface area (Å²) >= 11 is 0. The van der Waals surface area contributed by atoms with Crippen molar-refractivity contribution in [3.8, 4) is 0 Å². The summed E-state index contributed by atoms with van der Waals surface area (Å²) in [5.74, 6) is 0. The van der Waals surface area contributed by atoms with Crippen LogP contribution in [-0.2, 0) is 0 Å². The van der Waals surface area contributed by atoms with Gasteiger partial charge in [-0.05, 0) is 13.0 Å². The molecular weight excluding hydrogens is 141 g/mol. The van der Waals surface area contributed by atoms with Crippen LogP contribution in [0.4, 0.5) is 0 Å². The van der Waals surface area contributed by atoms with Gasteiger partial charge in [0.05, 0.1) is 0 Å². The second-order valence-corrected chi connectivity index (χ2v) is 6.67. The third-order valence-corrected chi connectivity index (χ3v) is 2.54. The van der Waals surface area contributed by atoms with Crippen LogP contribution in [0.3, 0.4) is 0 Å². The predicted octanol–water partition coefficient (Wildman–Crippen LogP) is -3.10. The molecule has 50 valence electrons. The molecule has 0 atom stereocenters. The fourth-order valence-corrected chi connectivity index (χ4v) is 1.58. The molecule has 9 heavy (non-hydrogen) atoms. The van der Waals surface area contributed by atoms with Crippen LogP contribution in [-0.4, -0.2) is 14.9 Å². The first-order valence-electron chi connectivity index (χ1n) is 2.97. The molecule has 0 heterocycles. The van der Waals surface area contributed by atoms with Gasteiger partial charge in [-0.15, -0.1) is 0 Å². The SMILES string of the molecule is C[Si](C)([O-])CCCN.[Na+]. The first-order valence-corrected chi connectivity index (χ1v) is 6.08. The molecule has 0 aliphatic carbocycles. The van der Waals surface area contributed by atoms with Crippen molar-refractivity contribution in [3.63, 3.8) is 0 Å². The Labute approximate surface area is 80.3 Å². The van der Waals surface area contributed by atoms with Gasteiger partial charge in [0.1, 0.15) is 0 Å². The Bertz CT molecular complexity index is 64.5. The molecule has 4 heteroatoms. The smallest absolute Gasteiger partial charge is 0.859 e. The summed E-state index contributed by atoms with van der Waals surface area (Å²) in [7, 11) is -2.01. The van der Waals surface area contributed by atoms with Gasteiger partial charge in [-0.2, -0.15) is 0 Å². The third-order valence-electron chi connectivity index (χ3n) is 0.983. The van der Waals surface area contributed by atoms with Gasteiger partial charge in [-0.1, -0.05) is 27.5 Å². The molecular formula is C5H14NNaOSi. The largest absolute Gasteiger partial charge is 1.00 e. The van der Waals surface area contributed by atoms with Crippen LogP contribution in [0.15, 0.2) is 0 Å². The summed E-state index contributed by atoms with van der Waals surface area (Å²) in [5.41, 5.74) is 5.22. The van der Waals surface area contributed by atoms with E-state index >= 15 is 0 Å². The number of rotatable bonds is 3. The van der Waals surface area contributed by atoms with E-state index in [1.54, 1.807) is 0 Å². The summed E-state index contributed by atoms with van der Waals surface area (Å²) in [4.78, 5) is 10.9. The Hall–Kier alpha value is 1.14. The van der Waals surface area contributed by atoms with E-state index in [4.69, 9.17) is 5.73 Å². The summed E-state index contributed by atoms with van der Waals surface area (Å²) < 4.78 is 0. The van der Waals surface area contributed by atoms with Gasteiger partial charge in [-0.3, -0.25) is 0 Å². The molecule has 0 radical (unpaired) electrons. The van der Waals surface area contributed by atoms with Gasteiger partial charge in [0.2, 0.25) is 0 Å². The number of hydrogen-bond acceptors (Lipinski definition) is 2. The van der Waals surface area contributed by atoms with Crippen molar-refractivity contribution in [3.05, 3.63) is 0 Å². The molecule has 0 amide bonds. The Morgan fingerprint density at radius 2 is 1.89 bits per heavy atom. The van der Waals surface area contributed by atoms with Gasteiger partial charge >= 0.3 is 29.6 Å². The van der Waals surface area contributed by atoms with Crippen molar-refractivity contribution in [2.75, 3.05) is 6.54 Å². The summed E-state index contributed by atoms with van der Waals surface area (Å²) in [6, 6.07) is 0.823. The molecule has 0 saturated heterocycles. The van der Waals surface area contributed by atoms with E-state index in [-0.39, 0.29) is 29.6 Å². The normalized spacial score (nSPS) is 10.7. The number of hydrogen-bond donors (Lipinski definition) is 1. The van der Waals surface area contributed by atoms with Crippen LogP contribution >= 0.6 is 0 Å². The maximum atomic E-state index is 10.9. The van der Waals surface area contributed by atoms with E-state index in [0.29, 0.717) is 6.54 Å². The van der Waals surface area contributed by atoms with Gasteiger partial charge < -0.3 is 10.5 Å². The molecule has 0 rings (SSSR count). The average molecular weight is 155 g/mol. The topological polar surface area (TPSA) is 49.1 Å². The Kier molecular flexibility index (Phi) is 8.36. The van der Waals surface area contributed by atoms with Crippen LogP contribution in [0, 0.1) is 0 Å². The molecule has 0 bridgehead atoms. The Balaban J connectivity index is 0. The van der Waals surface area contributed by atoms with Gasteiger partial charge in [-0.25, -0.2) is 0 Å². The minimum absolute atomic E-state index is 0. The molecule has 0 unspecified atom stereocenters. The summed E-state index contributed by atoms with van der Waals surface area (Å²) in [6.45, 7) is 4.31. The molecule has 0 aromatic heterocycles. The molecule has 2 N–H and O–H groups in total. The van der Waals surface area contributed by atoms with Crippen LogP contribution in [0.2, 0.25) is 19.1 Å². The zero-order chi connectivity index (χ0) is 6.62. The minimum Gasteiger partial charge on any atom is -0.859 e. The second-order valence-electron chi connectivity index (χ2n) is 2.65. The fourth-order valence-electron chi connectivity index (χ4n) is 0.528. The standard InChI is InChI=1S/C5H14NOSi.Na/c1-8(2,7)5-3-4-6;/h3-6H2,1-2H3;/q-1;+1. The quantitative estimate of drug-likeness (QED) is 0.439. The summed E-state index contributed by atoms with van der Waals surface area (Å²) in [5, 5.41) is 0. The van der Waals surface area contributed by atoms with Crippen molar-refractivity contribution in [1.82, 2.24) is 0 Å². The minimum atomic E-state index is -2.01. The van der Waals surface area contributed by atoms with Crippen molar-refractivity contribution in [2.24, 2.45) is 5.73 Å². The van der Waals surface area contributed by atoms with E-state index in [1.165, 1.54) is 0 Å². The van der Waals surface area contributed by atoms with Crippen LogP contribution in [0.5, 0.6) is 0 Å². The Morgan fingerprint density at radius 1 is 1.44 bits per heavy atom. The monoisotopic (exact) mass is 155 g/mol. The zero-order valence-corrected chi connectivity index (χ0v) is 9.61. The van der Waals surface area contributed by atoms with Crippen LogP contribution in [0.25, 0.3) is 0 Å². The first-order chi connectivity index (χ1) is 3.56. The van der Waals surface area contributed by atoms with Crippen LogP contribution in [0.1, 0.15) is 6.42 Å². The van der Waals surface area contributed by atoms with E-state index < -0.39 is 8.32 Å². The van der Waals surface area contributed by atoms with Crippen molar-refractivity contribution in [1.29, 1.82) is 0 Å². The average Bonchev–Trinajstić information content (AvgIpc) is 1.59. The van der Waals surface area contributed by atoms with E-state index in [9.17, 15) is 4.80 Å². The zero-order valence-electron chi connectivity index (χ0n) is 6.61. The predicted molar refractivity (Wildman–Crippen MR) is 36.0 cm³/mol. The van der Waals surface area contributed by atoms with Crippen molar-refractivity contribution >= 4 is 8.32 Å². The van der Waals surface area contributed by atoms with Crippen molar-refractivity contribution < 1.29 is 34.4 Å². The summed E-state index contributed by atoms with van der Waals surface area (Å²) in [6.07, 6.45) is 0.905. The first kappa shape index (κ1) is 12.8. The molecule has 0 fully saturated rings. The molecule has 0 aliphatic heterocycles. The van der Waals surface area contributed by atoms with Gasteiger partial charge in [0.15, 0.2) is 0 Å². The van der Waals surface area contributed by atoms with Gasteiger partial charge in [0, 0.05) is 0 Å². The molecule has 2 nitrogen and oxygen atoms in total. The molecule has 0 aliphatic rings. The third kappa shape index (κ3) is 12.4. The molecule has 0 aromatic carbocycles. The maximum Gasteiger partial charge on any atom is 1.00 e. The molecule has 0 spiro atoms. The van der Waals surface area contributed by atoms with E-state index in [2.05, 4.69) is 0 Å².